The van der Waals surface area contributed by atoms with Gasteiger partial charge in [-0.15, -0.1) is 0 Å². The molecule has 2 saturated heterocycles. The van der Waals surface area contributed by atoms with Gasteiger partial charge < -0.3 is 15.0 Å². The number of carbonyl (C=O) groups is 1. The molecule has 5 heteroatoms. The molecule has 0 radical (unpaired) electrons. The summed E-state index contributed by atoms with van der Waals surface area (Å²) in [5, 5.41) is 10.6. The molecule has 0 saturated carbocycles. The number of nitrogens with one attached hydrogen (secondary N) is 2. The fraction of sp³-hybridized carbons (Fsp3) is 0.600. The van der Waals surface area contributed by atoms with Gasteiger partial charge in [-0.1, -0.05) is 0 Å². The van der Waals surface area contributed by atoms with E-state index < -0.39 is 0 Å². The van der Waals surface area contributed by atoms with Crippen molar-refractivity contribution in [1.82, 2.24) is 10.2 Å². The minimum absolute atomic E-state index is 0.0874. The number of rotatable bonds is 1. The smallest absolute Gasteiger partial charge is 0.272 e. The van der Waals surface area contributed by atoms with Gasteiger partial charge in [0.2, 0.25) is 0 Å². The zero-order valence-electron chi connectivity index (χ0n) is 8.96. The quantitative estimate of drug-likeness (QED) is 0.625. The molecular weight excluding hydrogens is 194 g/mol. The predicted octanol–water partition coefficient (Wildman–Crippen LogP) is -0.259. The largest absolute Gasteiger partial charge is 0.394 e. The van der Waals surface area contributed by atoms with Gasteiger partial charge >= 0.3 is 0 Å². The number of hydrogen-bond donors (Lipinski definition) is 2. The van der Waals surface area contributed by atoms with Crippen LogP contribution in [0.4, 0.5) is 0 Å². The van der Waals surface area contributed by atoms with E-state index in [9.17, 15) is 4.79 Å². The van der Waals surface area contributed by atoms with Crippen LogP contribution in [0.1, 0.15) is 6.42 Å². The predicted molar refractivity (Wildman–Crippen MR) is 55.8 cm³/mol. The second kappa shape index (κ2) is 3.34. The molecule has 1 spiro atoms. The summed E-state index contributed by atoms with van der Waals surface area (Å²) in [7, 11) is 3.52. The molecule has 0 unspecified atom stereocenters. The molecular formula is C10H15N3O2. The van der Waals surface area contributed by atoms with Gasteiger partial charge in [0.05, 0.1) is 18.8 Å². The molecule has 2 fully saturated rings. The Balaban J connectivity index is 2.29. The van der Waals surface area contributed by atoms with E-state index >= 15 is 0 Å². The number of likely N-dealkylation sites (N-methyl/N-ethyl adjacent to an activating group) is 1. The number of carbonyl (C=O) groups excluding carboxylic acids is 1. The first-order chi connectivity index (χ1) is 7.10. The first kappa shape index (κ1) is 10.2. The van der Waals surface area contributed by atoms with Gasteiger partial charge in [-0.3, -0.25) is 10.2 Å². The van der Waals surface area contributed by atoms with Crippen molar-refractivity contribution in [3.63, 3.8) is 0 Å². The van der Waals surface area contributed by atoms with Crippen LogP contribution in [-0.2, 0) is 9.53 Å². The summed E-state index contributed by atoms with van der Waals surface area (Å²) in [6.07, 6.45) is 2.43. The molecule has 2 N–H and O–H groups in total. The summed E-state index contributed by atoms with van der Waals surface area (Å²) in [5.41, 5.74) is 0.651. The standard InChI is InChI=1S/C10H15N3O2/c1-12-4-7-3-10(5-15-6-10)13(2)9(14)8(7)11/h4,11-12H,3,5-6H2,1-2H3/b7-4-,11-8?. The third kappa shape index (κ3) is 1.34. The van der Waals surface area contributed by atoms with Gasteiger partial charge in [0, 0.05) is 32.3 Å². The van der Waals surface area contributed by atoms with Crippen molar-refractivity contribution in [3.8, 4) is 0 Å². The summed E-state index contributed by atoms with van der Waals surface area (Å²) in [4.78, 5) is 13.4. The number of hydrogen-bond acceptors (Lipinski definition) is 4. The van der Waals surface area contributed by atoms with Crippen LogP contribution >= 0.6 is 0 Å². The second-order valence-electron chi connectivity index (χ2n) is 4.09. The van der Waals surface area contributed by atoms with Crippen LogP contribution in [0.2, 0.25) is 0 Å². The molecule has 2 aliphatic rings. The van der Waals surface area contributed by atoms with Crippen molar-refractivity contribution in [1.29, 1.82) is 5.41 Å². The maximum Gasteiger partial charge on any atom is 0.272 e. The normalized spacial score (nSPS) is 27.1. The molecule has 0 aromatic carbocycles. The maximum atomic E-state index is 11.8. The lowest BCUT2D eigenvalue weighted by atomic mass is 9.81. The number of likely N-dealkylation sites (tertiary alicyclic amines) is 1. The van der Waals surface area contributed by atoms with Gasteiger partial charge in [0.15, 0.2) is 0 Å². The Kier molecular flexibility index (Phi) is 2.26. The SMILES string of the molecule is CN/C=C1/CC2(COC2)N(C)C(=O)C1=N. The number of piperidine rings is 1. The van der Waals surface area contributed by atoms with E-state index in [1.807, 2.05) is 0 Å². The Morgan fingerprint density at radius 1 is 1.60 bits per heavy atom. The maximum absolute atomic E-state index is 11.8. The van der Waals surface area contributed by atoms with Crippen LogP contribution in [-0.4, -0.2) is 49.4 Å². The topological polar surface area (TPSA) is 65.4 Å². The Morgan fingerprint density at radius 3 is 2.73 bits per heavy atom. The molecule has 5 nitrogen and oxygen atoms in total. The number of nitrogens with zero attached hydrogens (tertiary/aromatic N) is 1. The highest BCUT2D eigenvalue weighted by atomic mass is 16.5. The average molecular weight is 209 g/mol. The molecule has 2 aliphatic heterocycles. The van der Waals surface area contributed by atoms with Gasteiger partial charge in [0.1, 0.15) is 5.71 Å². The van der Waals surface area contributed by atoms with Gasteiger partial charge in [-0.2, -0.15) is 0 Å². The highest BCUT2D eigenvalue weighted by Crippen LogP contribution is 2.35. The monoisotopic (exact) mass is 209 g/mol. The van der Waals surface area contributed by atoms with E-state index in [1.54, 1.807) is 25.2 Å². The molecule has 0 atom stereocenters. The minimum atomic E-state index is -0.217. The molecule has 0 aromatic heterocycles. The van der Waals surface area contributed by atoms with Crippen LogP contribution in [0.25, 0.3) is 0 Å². The number of ether oxygens (including phenoxy) is 1. The molecule has 0 bridgehead atoms. The Morgan fingerprint density at radius 2 is 2.27 bits per heavy atom. The minimum Gasteiger partial charge on any atom is -0.394 e. The van der Waals surface area contributed by atoms with Crippen LogP contribution in [0.3, 0.4) is 0 Å². The van der Waals surface area contributed by atoms with E-state index in [1.165, 1.54) is 0 Å². The van der Waals surface area contributed by atoms with E-state index in [2.05, 4.69) is 5.32 Å². The lowest BCUT2D eigenvalue weighted by Crippen LogP contribution is -2.66. The summed E-state index contributed by atoms with van der Waals surface area (Å²) in [6, 6.07) is 0. The highest BCUT2D eigenvalue weighted by Gasteiger charge is 2.50. The summed E-state index contributed by atoms with van der Waals surface area (Å²) >= 11 is 0. The van der Waals surface area contributed by atoms with Crippen molar-refractivity contribution >= 4 is 11.6 Å². The van der Waals surface area contributed by atoms with Gasteiger partial charge in [-0.25, -0.2) is 0 Å². The zero-order valence-corrected chi connectivity index (χ0v) is 8.96. The lowest BCUT2D eigenvalue weighted by Gasteiger charge is -2.51. The highest BCUT2D eigenvalue weighted by molar-refractivity contribution is 6.44. The van der Waals surface area contributed by atoms with Crippen molar-refractivity contribution in [2.45, 2.75) is 12.0 Å². The Bertz CT molecular complexity index is 345. The molecule has 0 aliphatic carbocycles. The van der Waals surface area contributed by atoms with Crippen molar-refractivity contribution in [2.75, 3.05) is 27.3 Å². The Hall–Kier alpha value is -1.36. The van der Waals surface area contributed by atoms with E-state index in [0.29, 0.717) is 19.6 Å². The van der Waals surface area contributed by atoms with Gasteiger partial charge in [-0.05, 0) is 0 Å². The molecule has 15 heavy (non-hydrogen) atoms. The summed E-state index contributed by atoms with van der Waals surface area (Å²) in [5.74, 6) is -0.217. The third-order valence-electron chi connectivity index (χ3n) is 3.13. The van der Waals surface area contributed by atoms with E-state index in [4.69, 9.17) is 10.1 Å². The first-order valence-corrected chi connectivity index (χ1v) is 4.92. The van der Waals surface area contributed by atoms with Crippen LogP contribution in [0.5, 0.6) is 0 Å². The molecule has 82 valence electrons. The molecule has 1 amide bonds. The van der Waals surface area contributed by atoms with Gasteiger partial charge in [0.25, 0.3) is 5.91 Å². The van der Waals surface area contributed by atoms with E-state index in [0.717, 1.165) is 5.57 Å². The first-order valence-electron chi connectivity index (χ1n) is 4.92. The van der Waals surface area contributed by atoms with Crippen molar-refractivity contribution in [3.05, 3.63) is 11.8 Å². The average Bonchev–Trinajstić information content (AvgIpc) is 2.17. The summed E-state index contributed by atoms with van der Waals surface area (Å²) in [6.45, 7) is 1.15. The molecule has 2 heterocycles. The molecule has 0 aromatic rings. The second-order valence-corrected chi connectivity index (χ2v) is 4.09. The van der Waals surface area contributed by atoms with E-state index in [-0.39, 0.29) is 17.2 Å². The number of amides is 1. The van der Waals surface area contributed by atoms with Crippen LogP contribution < -0.4 is 5.32 Å². The third-order valence-corrected chi connectivity index (χ3v) is 3.13. The fourth-order valence-corrected chi connectivity index (χ4v) is 2.01. The summed E-state index contributed by atoms with van der Waals surface area (Å²) < 4.78 is 5.18. The Labute approximate surface area is 88.6 Å². The van der Waals surface area contributed by atoms with Crippen molar-refractivity contribution < 1.29 is 9.53 Å². The fourth-order valence-electron chi connectivity index (χ4n) is 2.01. The van der Waals surface area contributed by atoms with Crippen LogP contribution in [0.15, 0.2) is 11.8 Å². The van der Waals surface area contributed by atoms with Crippen LogP contribution in [0, 0.1) is 5.41 Å². The molecule has 2 rings (SSSR count). The lowest BCUT2D eigenvalue weighted by molar-refractivity contribution is -0.159. The van der Waals surface area contributed by atoms with Crippen molar-refractivity contribution in [2.24, 2.45) is 0 Å². The zero-order chi connectivity index (χ0) is 11.1.